The molecule has 1 aromatic carbocycles. The number of unbranched alkanes of at least 4 members (excludes halogenated alkanes) is 3. The second-order valence-corrected chi connectivity index (χ2v) is 6.43. The fourth-order valence-corrected chi connectivity index (χ4v) is 2.46. The standard InChI is InChI=1S/C16H24BrNO2/c1-12(2)7-5-3-4-6-10-18-15-11-13(17)8-9-14(15)16(19)20/h8-9,11-12,18H,3-7,10H2,1-2H3,(H,19,20). The minimum Gasteiger partial charge on any atom is -0.478 e. The number of carboxylic acid groups (broad SMARTS) is 1. The van der Waals surface area contributed by atoms with E-state index in [1.165, 1.54) is 25.7 Å². The first kappa shape index (κ1) is 17.0. The molecule has 0 bridgehead atoms. The van der Waals surface area contributed by atoms with Gasteiger partial charge >= 0.3 is 5.97 Å². The lowest BCUT2D eigenvalue weighted by atomic mass is 10.0. The zero-order valence-corrected chi connectivity index (χ0v) is 13.9. The summed E-state index contributed by atoms with van der Waals surface area (Å²) in [6.07, 6.45) is 6.10. The molecular formula is C16H24BrNO2. The lowest BCUT2D eigenvalue weighted by molar-refractivity contribution is 0.0698. The summed E-state index contributed by atoms with van der Waals surface area (Å²) in [6.45, 7) is 5.32. The van der Waals surface area contributed by atoms with Crippen molar-refractivity contribution in [1.82, 2.24) is 0 Å². The molecule has 0 radical (unpaired) electrons. The first-order valence-corrected chi connectivity index (χ1v) is 8.06. The third-order valence-electron chi connectivity index (χ3n) is 3.24. The molecule has 0 unspecified atom stereocenters. The molecule has 0 spiro atoms. The number of rotatable bonds is 9. The van der Waals surface area contributed by atoms with Gasteiger partial charge in [0, 0.05) is 16.7 Å². The van der Waals surface area contributed by atoms with Gasteiger partial charge in [-0.25, -0.2) is 4.79 Å². The van der Waals surface area contributed by atoms with Crippen LogP contribution in [0.25, 0.3) is 0 Å². The molecule has 0 heterocycles. The van der Waals surface area contributed by atoms with Gasteiger partial charge in [-0.05, 0) is 30.5 Å². The van der Waals surface area contributed by atoms with E-state index in [1.807, 2.05) is 6.07 Å². The molecule has 3 nitrogen and oxygen atoms in total. The Bertz CT molecular complexity index is 432. The third kappa shape index (κ3) is 6.42. The van der Waals surface area contributed by atoms with Crippen LogP contribution in [0.15, 0.2) is 22.7 Å². The number of nitrogens with one attached hydrogen (secondary N) is 1. The number of hydrogen-bond donors (Lipinski definition) is 2. The summed E-state index contributed by atoms with van der Waals surface area (Å²) in [4.78, 5) is 11.1. The van der Waals surface area contributed by atoms with Crippen molar-refractivity contribution in [2.75, 3.05) is 11.9 Å². The van der Waals surface area contributed by atoms with Crippen molar-refractivity contribution in [2.24, 2.45) is 5.92 Å². The number of benzene rings is 1. The Morgan fingerprint density at radius 2 is 1.95 bits per heavy atom. The molecule has 0 aliphatic carbocycles. The molecule has 0 amide bonds. The van der Waals surface area contributed by atoms with Gasteiger partial charge in [0.05, 0.1) is 5.56 Å². The Morgan fingerprint density at radius 3 is 2.60 bits per heavy atom. The van der Waals surface area contributed by atoms with Gasteiger partial charge in [0.15, 0.2) is 0 Å². The van der Waals surface area contributed by atoms with Crippen molar-refractivity contribution in [3.8, 4) is 0 Å². The van der Waals surface area contributed by atoms with E-state index < -0.39 is 5.97 Å². The molecule has 1 rings (SSSR count). The van der Waals surface area contributed by atoms with E-state index in [-0.39, 0.29) is 0 Å². The smallest absolute Gasteiger partial charge is 0.337 e. The SMILES string of the molecule is CC(C)CCCCCCNc1cc(Br)ccc1C(=O)O. The number of aromatic carboxylic acids is 1. The van der Waals surface area contributed by atoms with Crippen LogP contribution in [0.4, 0.5) is 5.69 Å². The Balaban J connectivity index is 2.31. The molecule has 0 saturated carbocycles. The van der Waals surface area contributed by atoms with Crippen molar-refractivity contribution in [1.29, 1.82) is 0 Å². The second-order valence-electron chi connectivity index (χ2n) is 5.52. The topological polar surface area (TPSA) is 49.3 Å². The first-order valence-electron chi connectivity index (χ1n) is 7.27. The minimum absolute atomic E-state index is 0.327. The van der Waals surface area contributed by atoms with Crippen molar-refractivity contribution >= 4 is 27.6 Å². The largest absolute Gasteiger partial charge is 0.478 e. The van der Waals surface area contributed by atoms with Gasteiger partial charge in [-0.3, -0.25) is 0 Å². The normalized spacial score (nSPS) is 10.8. The van der Waals surface area contributed by atoms with Gasteiger partial charge in [-0.2, -0.15) is 0 Å². The van der Waals surface area contributed by atoms with Crippen molar-refractivity contribution in [2.45, 2.75) is 46.0 Å². The van der Waals surface area contributed by atoms with Gasteiger partial charge in [-0.1, -0.05) is 55.5 Å². The van der Waals surface area contributed by atoms with Crippen LogP contribution in [0, 0.1) is 5.92 Å². The minimum atomic E-state index is -0.892. The molecule has 20 heavy (non-hydrogen) atoms. The molecule has 0 fully saturated rings. The first-order chi connectivity index (χ1) is 9.50. The highest BCUT2D eigenvalue weighted by Crippen LogP contribution is 2.21. The molecule has 2 N–H and O–H groups in total. The summed E-state index contributed by atoms with van der Waals surface area (Å²) < 4.78 is 0.891. The van der Waals surface area contributed by atoms with Gasteiger partial charge in [-0.15, -0.1) is 0 Å². The summed E-state index contributed by atoms with van der Waals surface area (Å²) in [5.74, 6) is -0.107. The van der Waals surface area contributed by atoms with E-state index in [0.29, 0.717) is 11.3 Å². The Hall–Kier alpha value is -1.03. The third-order valence-corrected chi connectivity index (χ3v) is 3.73. The lowest BCUT2D eigenvalue weighted by Crippen LogP contribution is -2.07. The zero-order valence-electron chi connectivity index (χ0n) is 12.3. The highest BCUT2D eigenvalue weighted by atomic mass is 79.9. The van der Waals surface area contributed by atoms with Crippen LogP contribution in [-0.2, 0) is 0 Å². The second kappa shape index (κ2) is 9.01. The molecule has 4 heteroatoms. The average molecular weight is 342 g/mol. The highest BCUT2D eigenvalue weighted by molar-refractivity contribution is 9.10. The van der Waals surface area contributed by atoms with Gasteiger partial charge in [0.2, 0.25) is 0 Å². The van der Waals surface area contributed by atoms with Crippen LogP contribution < -0.4 is 5.32 Å². The summed E-state index contributed by atoms with van der Waals surface area (Å²) in [5, 5.41) is 12.4. The number of carboxylic acids is 1. The molecule has 112 valence electrons. The number of hydrogen-bond acceptors (Lipinski definition) is 2. The van der Waals surface area contributed by atoms with Crippen LogP contribution in [-0.4, -0.2) is 17.6 Å². The van der Waals surface area contributed by atoms with E-state index in [4.69, 9.17) is 5.11 Å². The average Bonchev–Trinajstić information content (AvgIpc) is 2.37. The highest BCUT2D eigenvalue weighted by Gasteiger charge is 2.09. The van der Waals surface area contributed by atoms with Crippen LogP contribution >= 0.6 is 15.9 Å². The van der Waals surface area contributed by atoms with Gasteiger partial charge in [0.25, 0.3) is 0 Å². The maximum atomic E-state index is 11.1. The Labute approximate surface area is 129 Å². The van der Waals surface area contributed by atoms with Crippen molar-refractivity contribution in [3.05, 3.63) is 28.2 Å². The van der Waals surface area contributed by atoms with Gasteiger partial charge < -0.3 is 10.4 Å². The predicted octanol–water partition coefficient (Wildman–Crippen LogP) is 5.17. The predicted molar refractivity (Wildman–Crippen MR) is 87.5 cm³/mol. The molecular weight excluding hydrogens is 318 g/mol. The number of halogens is 1. The maximum absolute atomic E-state index is 11.1. The molecule has 0 aromatic heterocycles. The van der Waals surface area contributed by atoms with Crippen molar-refractivity contribution in [3.63, 3.8) is 0 Å². The lowest BCUT2D eigenvalue weighted by Gasteiger charge is -2.10. The molecule has 0 atom stereocenters. The molecule has 0 saturated heterocycles. The van der Waals surface area contributed by atoms with Crippen LogP contribution in [0.1, 0.15) is 56.3 Å². The summed E-state index contributed by atoms with van der Waals surface area (Å²) in [5.41, 5.74) is 1.02. The van der Waals surface area contributed by atoms with E-state index in [2.05, 4.69) is 35.1 Å². The molecule has 0 aliphatic heterocycles. The van der Waals surface area contributed by atoms with E-state index in [0.717, 1.165) is 23.4 Å². The Kier molecular flexibility index (Phi) is 7.67. The van der Waals surface area contributed by atoms with E-state index >= 15 is 0 Å². The van der Waals surface area contributed by atoms with Gasteiger partial charge in [0.1, 0.15) is 0 Å². The summed E-state index contributed by atoms with van der Waals surface area (Å²) in [7, 11) is 0. The number of carbonyl (C=O) groups is 1. The van der Waals surface area contributed by atoms with Crippen LogP contribution in [0.2, 0.25) is 0 Å². The quantitative estimate of drug-likeness (QED) is 0.609. The van der Waals surface area contributed by atoms with Crippen LogP contribution in [0.5, 0.6) is 0 Å². The fourth-order valence-electron chi connectivity index (χ4n) is 2.10. The molecule has 0 aliphatic rings. The Morgan fingerprint density at radius 1 is 1.25 bits per heavy atom. The maximum Gasteiger partial charge on any atom is 0.337 e. The van der Waals surface area contributed by atoms with Crippen molar-refractivity contribution < 1.29 is 9.90 Å². The van der Waals surface area contributed by atoms with Crippen LogP contribution in [0.3, 0.4) is 0 Å². The molecule has 1 aromatic rings. The van der Waals surface area contributed by atoms with E-state index in [9.17, 15) is 4.79 Å². The number of anilines is 1. The summed E-state index contributed by atoms with van der Waals surface area (Å²) in [6, 6.07) is 5.19. The monoisotopic (exact) mass is 341 g/mol. The zero-order chi connectivity index (χ0) is 15.0. The fraction of sp³-hybridized carbons (Fsp3) is 0.562. The van der Waals surface area contributed by atoms with E-state index in [1.54, 1.807) is 12.1 Å². The summed E-state index contributed by atoms with van der Waals surface area (Å²) >= 11 is 3.37.